The Balaban J connectivity index is 1.75. The van der Waals surface area contributed by atoms with Crippen LogP contribution in [0.15, 0.2) is 109 Å². The highest BCUT2D eigenvalue weighted by molar-refractivity contribution is 7.80. The first kappa shape index (κ1) is 23.9. The van der Waals surface area contributed by atoms with Crippen LogP contribution in [0.4, 0.5) is 11.4 Å². The van der Waals surface area contributed by atoms with Gasteiger partial charge in [-0.25, -0.2) is 0 Å². The molecular weight excluding hydrogens is 459 g/mol. The van der Waals surface area contributed by atoms with Crippen LogP contribution in [0.25, 0.3) is 21.9 Å². The summed E-state index contributed by atoms with van der Waals surface area (Å²) in [5.74, 6) is 0.307. The molecule has 0 aliphatic rings. The van der Waals surface area contributed by atoms with Crippen molar-refractivity contribution in [1.29, 1.82) is 0 Å². The minimum atomic E-state index is -0.870. The number of phenolic OH excluding ortho intramolecular Hbond substituents is 1. The lowest BCUT2D eigenvalue weighted by molar-refractivity contribution is 0.478. The van der Waals surface area contributed by atoms with Gasteiger partial charge in [0.25, 0.3) is 0 Å². The van der Waals surface area contributed by atoms with Gasteiger partial charge in [0, 0.05) is 45.1 Å². The SMILES string of the molecule is CN(C)c1ccc(P(c2ccc(N(C)C)cc2)c2ccccc2-c2c(O)ccc3ccccc23)cc1. The average molecular weight is 491 g/mol. The molecule has 0 aromatic heterocycles. The Hall–Kier alpha value is -3.81. The van der Waals surface area contributed by atoms with E-state index in [0.29, 0.717) is 5.75 Å². The lowest BCUT2D eigenvalue weighted by Crippen LogP contribution is -2.23. The molecule has 5 aromatic rings. The van der Waals surface area contributed by atoms with Gasteiger partial charge in [0.15, 0.2) is 0 Å². The number of rotatable bonds is 6. The van der Waals surface area contributed by atoms with E-state index in [1.165, 1.54) is 27.3 Å². The van der Waals surface area contributed by atoms with Gasteiger partial charge in [-0.3, -0.25) is 0 Å². The minimum Gasteiger partial charge on any atom is -0.507 e. The van der Waals surface area contributed by atoms with Crippen LogP contribution in [0.5, 0.6) is 5.75 Å². The van der Waals surface area contributed by atoms with Crippen molar-refractivity contribution in [3.63, 3.8) is 0 Å². The third-order valence-corrected chi connectivity index (χ3v) is 9.07. The second-order valence-electron chi connectivity index (χ2n) is 9.36. The van der Waals surface area contributed by atoms with Gasteiger partial charge in [0.2, 0.25) is 0 Å². The van der Waals surface area contributed by atoms with Crippen molar-refractivity contribution in [2.75, 3.05) is 38.0 Å². The van der Waals surface area contributed by atoms with Gasteiger partial charge >= 0.3 is 0 Å². The molecule has 4 heteroatoms. The van der Waals surface area contributed by atoms with Gasteiger partial charge in [0.1, 0.15) is 5.75 Å². The molecule has 0 radical (unpaired) electrons. The Bertz CT molecular complexity index is 1440. The molecule has 5 rings (SSSR count). The number of phenols is 1. The predicted molar refractivity (Wildman–Crippen MR) is 158 cm³/mol. The number of hydrogen-bond acceptors (Lipinski definition) is 3. The van der Waals surface area contributed by atoms with E-state index in [0.717, 1.165) is 21.9 Å². The molecule has 0 aliphatic heterocycles. The van der Waals surface area contributed by atoms with E-state index < -0.39 is 7.92 Å². The summed E-state index contributed by atoms with van der Waals surface area (Å²) in [4.78, 5) is 4.25. The van der Waals surface area contributed by atoms with E-state index in [1.54, 1.807) is 0 Å². The third kappa shape index (κ3) is 4.55. The molecule has 1 N–H and O–H groups in total. The first-order valence-electron chi connectivity index (χ1n) is 12.1. The maximum atomic E-state index is 11.1. The molecule has 0 heterocycles. The summed E-state index contributed by atoms with van der Waals surface area (Å²) in [6, 6.07) is 38.4. The van der Waals surface area contributed by atoms with Crippen molar-refractivity contribution in [2.24, 2.45) is 0 Å². The maximum absolute atomic E-state index is 11.1. The highest BCUT2D eigenvalue weighted by atomic mass is 31.1. The van der Waals surface area contributed by atoms with E-state index in [-0.39, 0.29) is 0 Å². The molecule has 0 saturated carbocycles. The van der Waals surface area contributed by atoms with Gasteiger partial charge in [-0.05, 0) is 70.5 Å². The number of nitrogens with zero attached hydrogens (tertiary/aromatic N) is 2. The topological polar surface area (TPSA) is 26.7 Å². The number of aromatic hydroxyl groups is 1. The van der Waals surface area contributed by atoms with Gasteiger partial charge in [-0.1, -0.05) is 78.9 Å². The fraction of sp³-hybridized carbons (Fsp3) is 0.125. The summed E-state index contributed by atoms with van der Waals surface area (Å²) in [5, 5.41) is 17.1. The molecule has 0 saturated heterocycles. The standard InChI is InChI=1S/C32H31N2OP/c1-33(2)24-14-18-26(19-15-24)36(27-20-16-25(17-21-27)34(3)4)31-12-8-7-11-29(31)32-28-10-6-5-9-23(28)13-22-30(32)35/h5-22,35H,1-4H3. The fourth-order valence-electron chi connectivity index (χ4n) is 4.65. The molecule has 180 valence electrons. The lowest BCUT2D eigenvalue weighted by Gasteiger charge is -2.25. The van der Waals surface area contributed by atoms with E-state index in [2.05, 4.69) is 123 Å². The van der Waals surface area contributed by atoms with E-state index >= 15 is 0 Å². The van der Waals surface area contributed by atoms with Gasteiger partial charge in [-0.2, -0.15) is 0 Å². The van der Waals surface area contributed by atoms with E-state index in [4.69, 9.17) is 0 Å². The van der Waals surface area contributed by atoms with Crippen LogP contribution in [0.2, 0.25) is 0 Å². The van der Waals surface area contributed by atoms with Crippen LogP contribution in [0, 0.1) is 0 Å². The summed E-state index contributed by atoms with van der Waals surface area (Å²) < 4.78 is 0. The highest BCUT2D eigenvalue weighted by Crippen LogP contribution is 2.42. The quantitative estimate of drug-likeness (QED) is 0.291. The lowest BCUT2D eigenvalue weighted by atomic mass is 9.97. The number of anilines is 2. The summed E-state index contributed by atoms with van der Waals surface area (Å²) >= 11 is 0. The van der Waals surface area contributed by atoms with Crippen molar-refractivity contribution >= 4 is 46.0 Å². The maximum Gasteiger partial charge on any atom is 0.124 e. The Kier molecular flexibility index (Phi) is 6.67. The van der Waals surface area contributed by atoms with Gasteiger partial charge in [0.05, 0.1) is 0 Å². The molecule has 0 amide bonds. The fourth-order valence-corrected chi connectivity index (χ4v) is 7.06. The molecule has 3 nitrogen and oxygen atoms in total. The highest BCUT2D eigenvalue weighted by Gasteiger charge is 2.22. The van der Waals surface area contributed by atoms with Crippen LogP contribution < -0.4 is 25.7 Å². The van der Waals surface area contributed by atoms with Crippen LogP contribution in [-0.4, -0.2) is 33.3 Å². The number of fused-ring (bicyclic) bond motifs is 1. The van der Waals surface area contributed by atoms with Crippen LogP contribution in [0.3, 0.4) is 0 Å². The Morgan fingerprint density at radius 3 is 1.67 bits per heavy atom. The monoisotopic (exact) mass is 490 g/mol. The zero-order valence-corrected chi connectivity index (χ0v) is 22.1. The summed E-state index contributed by atoms with van der Waals surface area (Å²) in [7, 11) is 7.39. The van der Waals surface area contributed by atoms with Gasteiger partial charge in [-0.15, -0.1) is 0 Å². The Labute approximate surface area is 215 Å². The van der Waals surface area contributed by atoms with Crippen LogP contribution >= 0.6 is 7.92 Å². The molecule has 5 aromatic carbocycles. The Morgan fingerprint density at radius 2 is 1.08 bits per heavy atom. The smallest absolute Gasteiger partial charge is 0.124 e. The first-order chi connectivity index (χ1) is 17.4. The number of hydrogen-bond donors (Lipinski definition) is 1. The van der Waals surface area contributed by atoms with Crippen molar-refractivity contribution in [2.45, 2.75) is 0 Å². The van der Waals surface area contributed by atoms with Crippen molar-refractivity contribution in [1.82, 2.24) is 0 Å². The van der Waals surface area contributed by atoms with Crippen molar-refractivity contribution < 1.29 is 5.11 Å². The molecule has 0 bridgehead atoms. The van der Waals surface area contributed by atoms with Gasteiger partial charge < -0.3 is 14.9 Å². The molecule has 0 unspecified atom stereocenters. The molecule has 0 aliphatic carbocycles. The summed E-state index contributed by atoms with van der Waals surface area (Å²) in [6.45, 7) is 0. The third-order valence-electron chi connectivity index (χ3n) is 6.57. The summed E-state index contributed by atoms with van der Waals surface area (Å²) in [6.07, 6.45) is 0. The first-order valence-corrected chi connectivity index (χ1v) is 13.4. The van der Waals surface area contributed by atoms with E-state index in [9.17, 15) is 5.11 Å². The van der Waals surface area contributed by atoms with Crippen molar-refractivity contribution in [3.8, 4) is 16.9 Å². The van der Waals surface area contributed by atoms with Crippen molar-refractivity contribution in [3.05, 3.63) is 109 Å². The Morgan fingerprint density at radius 1 is 0.556 bits per heavy atom. The molecular formula is C32H31N2OP. The normalized spacial score (nSPS) is 11.1. The molecule has 0 fully saturated rings. The predicted octanol–water partition coefficient (Wildman–Crippen LogP) is 6.10. The van der Waals surface area contributed by atoms with Crippen LogP contribution in [-0.2, 0) is 0 Å². The minimum absolute atomic E-state index is 0.307. The largest absolute Gasteiger partial charge is 0.507 e. The second kappa shape index (κ2) is 10.0. The molecule has 0 atom stereocenters. The average Bonchev–Trinajstić information content (AvgIpc) is 2.90. The zero-order valence-electron chi connectivity index (χ0n) is 21.2. The summed E-state index contributed by atoms with van der Waals surface area (Å²) in [5.41, 5.74) is 4.32. The second-order valence-corrected chi connectivity index (χ2v) is 11.5. The number of benzene rings is 5. The molecule has 0 spiro atoms. The zero-order chi connectivity index (χ0) is 25.2. The molecule has 36 heavy (non-hydrogen) atoms. The van der Waals surface area contributed by atoms with Crippen LogP contribution in [0.1, 0.15) is 0 Å². The van der Waals surface area contributed by atoms with E-state index in [1.807, 2.05) is 24.3 Å².